The van der Waals surface area contributed by atoms with E-state index < -0.39 is 0 Å². The zero-order valence-corrected chi connectivity index (χ0v) is 17.1. The first-order valence-corrected chi connectivity index (χ1v) is 9.37. The van der Waals surface area contributed by atoms with Gasteiger partial charge in [0.15, 0.2) is 0 Å². The summed E-state index contributed by atoms with van der Waals surface area (Å²) in [5.74, 6) is 0.621. The lowest BCUT2D eigenvalue weighted by atomic mass is 10.2. The van der Waals surface area contributed by atoms with E-state index in [-0.39, 0.29) is 24.4 Å². The molecule has 9 heteroatoms. The molecule has 1 heterocycles. The predicted octanol–water partition coefficient (Wildman–Crippen LogP) is 2.54. The Labute approximate surface area is 174 Å². The van der Waals surface area contributed by atoms with Crippen molar-refractivity contribution in [2.24, 2.45) is 0 Å². The zero-order chi connectivity index (χ0) is 21.7. The molecule has 3 rings (SSSR count). The molecule has 1 fully saturated rings. The smallest absolute Gasteiger partial charge is 0.325 e. The van der Waals surface area contributed by atoms with Crippen molar-refractivity contribution in [3.8, 4) is 11.5 Å². The van der Waals surface area contributed by atoms with Gasteiger partial charge in [0.2, 0.25) is 11.8 Å². The molecule has 30 heavy (non-hydrogen) atoms. The van der Waals surface area contributed by atoms with Crippen LogP contribution in [0.25, 0.3) is 0 Å². The molecule has 158 valence electrons. The van der Waals surface area contributed by atoms with Crippen molar-refractivity contribution in [1.29, 1.82) is 0 Å². The minimum Gasteiger partial charge on any atom is -0.497 e. The molecule has 2 N–H and O–H groups in total. The molecule has 9 nitrogen and oxygen atoms in total. The Kier molecular flexibility index (Phi) is 6.41. The summed E-state index contributed by atoms with van der Waals surface area (Å²) in [5, 5.41) is 5.41. The number of carbonyl (C=O) groups is 3. The molecule has 0 unspecified atom stereocenters. The average Bonchev–Trinajstić information content (AvgIpc) is 3.07. The number of rotatable bonds is 7. The third-order valence-electron chi connectivity index (χ3n) is 4.57. The lowest BCUT2D eigenvalue weighted by Crippen LogP contribution is -2.37. The number of nitrogens with one attached hydrogen (secondary N) is 2. The van der Waals surface area contributed by atoms with Crippen LogP contribution in [0.5, 0.6) is 11.5 Å². The Hall–Kier alpha value is -3.75. The summed E-state index contributed by atoms with van der Waals surface area (Å²) >= 11 is 0. The van der Waals surface area contributed by atoms with Gasteiger partial charge in [0.1, 0.15) is 18.0 Å². The third kappa shape index (κ3) is 4.80. The average molecular weight is 412 g/mol. The van der Waals surface area contributed by atoms with Crippen molar-refractivity contribution in [3.63, 3.8) is 0 Å². The number of ether oxygens (including phenoxy) is 2. The number of anilines is 3. The van der Waals surface area contributed by atoms with Gasteiger partial charge in [0.25, 0.3) is 0 Å². The van der Waals surface area contributed by atoms with E-state index in [1.807, 2.05) is 0 Å². The first-order valence-electron chi connectivity index (χ1n) is 9.37. The molecule has 0 radical (unpaired) electrons. The number of hydrogen-bond acceptors (Lipinski definition) is 5. The monoisotopic (exact) mass is 412 g/mol. The van der Waals surface area contributed by atoms with Gasteiger partial charge in [-0.25, -0.2) is 4.79 Å². The summed E-state index contributed by atoms with van der Waals surface area (Å²) in [6.07, 6.45) is 0. The minimum absolute atomic E-state index is 0.0913. The first kappa shape index (κ1) is 21.0. The first-order chi connectivity index (χ1) is 14.4. The Morgan fingerprint density at radius 3 is 2.40 bits per heavy atom. The molecular weight excluding hydrogens is 388 g/mol. The molecule has 4 amide bonds. The van der Waals surface area contributed by atoms with Gasteiger partial charge in [0, 0.05) is 37.5 Å². The Bertz CT molecular complexity index is 962. The van der Waals surface area contributed by atoms with Gasteiger partial charge in [-0.3, -0.25) is 14.5 Å². The number of urea groups is 1. The topological polar surface area (TPSA) is 100 Å². The van der Waals surface area contributed by atoms with Crippen molar-refractivity contribution < 1.29 is 23.9 Å². The van der Waals surface area contributed by atoms with Crippen LogP contribution >= 0.6 is 0 Å². The maximum atomic E-state index is 12.9. The second-order valence-corrected chi connectivity index (χ2v) is 6.70. The Morgan fingerprint density at radius 1 is 1.00 bits per heavy atom. The lowest BCUT2D eigenvalue weighted by Gasteiger charge is -2.21. The molecule has 2 aromatic rings. The summed E-state index contributed by atoms with van der Waals surface area (Å²) in [7, 11) is 3.08. The van der Waals surface area contributed by atoms with Gasteiger partial charge >= 0.3 is 6.03 Å². The van der Waals surface area contributed by atoms with Gasteiger partial charge in [-0.1, -0.05) is 6.07 Å². The summed E-state index contributed by atoms with van der Waals surface area (Å²) in [6, 6.07) is 11.7. The van der Waals surface area contributed by atoms with Crippen molar-refractivity contribution >= 4 is 34.9 Å². The minimum atomic E-state index is -0.331. The highest BCUT2D eigenvalue weighted by molar-refractivity contribution is 6.00. The van der Waals surface area contributed by atoms with Crippen LogP contribution in [-0.2, 0) is 9.59 Å². The van der Waals surface area contributed by atoms with Crippen LogP contribution in [0.3, 0.4) is 0 Å². The van der Waals surface area contributed by atoms with E-state index in [4.69, 9.17) is 9.47 Å². The van der Waals surface area contributed by atoms with Gasteiger partial charge in [0.05, 0.1) is 19.9 Å². The maximum absolute atomic E-state index is 12.9. The molecule has 0 atom stereocenters. The standard InChI is InChI=1S/C21H24N4O5/c1-14(26)22-15-5-4-6-16(11-15)23-20(27)13-24-9-10-25(21(24)28)18-12-17(29-2)7-8-19(18)30-3/h4-8,11-12H,9-10,13H2,1-3H3,(H,22,26)(H,23,27). The second kappa shape index (κ2) is 9.17. The van der Waals surface area contributed by atoms with Crippen molar-refractivity contribution in [2.75, 3.05) is 49.4 Å². The Morgan fingerprint density at radius 2 is 1.73 bits per heavy atom. The molecule has 0 aromatic heterocycles. The zero-order valence-electron chi connectivity index (χ0n) is 17.1. The van der Waals surface area contributed by atoms with Gasteiger partial charge in [-0.15, -0.1) is 0 Å². The van der Waals surface area contributed by atoms with E-state index in [9.17, 15) is 14.4 Å². The highest BCUT2D eigenvalue weighted by Gasteiger charge is 2.32. The van der Waals surface area contributed by atoms with Crippen LogP contribution in [0.4, 0.5) is 21.9 Å². The fraction of sp³-hybridized carbons (Fsp3) is 0.286. The van der Waals surface area contributed by atoms with Gasteiger partial charge in [-0.05, 0) is 30.3 Å². The van der Waals surface area contributed by atoms with Crippen LogP contribution in [-0.4, -0.2) is 56.6 Å². The van der Waals surface area contributed by atoms with Gasteiger partial charge in [-0.2, -0.15) is 0 Å². The fourth-order valence-corrected chi connectivity index (χ4v) is 3.21. The van der Waals surface area contributed by atoms with Crippen LogP contribution in [0.1, 0.15) is 6.92 Å². The van der Waals surface area contributed by atoms with Crippen LogP contribution in [0.15, 0.2) is 42.5 Å². The largest absolute Gasteiger partial charge is 0.497 e. The van der Waals surface area contributed by atoms with Crippen molar-refractivity contribution in [1.82, 2.24) is 4.90 Å². The predicted molar refractivity (Wildman–Crippen MR) is 113 cm³/mol. The number of amides is 4. The van der Waals surface area contributed by atoms with E-state index in [2.05, 4.69) is 10.6 Å². The van der Waals surface area contributed by atoms with Crippen LogP contribution in [0.2, 0.25) is 0 Å². The second-order valence-electron chi connectivity index (χ2n) is 6.70. The molecular formula is C21H24N4O5. The molecule has 1 saturated heterocycles. The summed E-state index contributed by atoms with van der Waals surface area (Å²) < 4.78 is 10.6. The number of nitrogens with zero attached hydrogens (tertiary/aromatic N) is 2. The van der Waals surface area contributed by atoms with Crippen LogP contribution in [0, 0.1) is 0 Å². The van der Waals surface area contributed by atoms with E-state index >= 15 is 0 Å². The lowest BCUT2D eigenvalue weighted by molar-refractivity contribution is -0.116. The van der Waals surface area contributed by atoms with E-state index in [1.165, 1.54) is 18.9 Å². The fourth-order valence-electron chi connectivity index (χ4n) is 3.21. The molecule has 0 saturated carbocycles. The summed E-state index contributed by atoms with van der Waals surface area (Å²) in [6.45, 7) is 2.14. The highest BCUT2D eigenvalue weighted by atomic mass is 16.5. The quantitative estimate of drug-likeness (QED) is 0.728. The van der Waals surface area contributed by atoms with Crippen LogP contribution < -0.4 is 25.0 Å². The van der Waals surface area contributed by atoms with E-state index in [0.717, 1.165) is 0 Å². The molecule has 1 aliphatic heterocycles. The SMILES string of the molecule is COc1ccc(OC)c(N2CCN(CC(=O)Nc3cccc(NC(C)=O)c3)C2=O)c1. The van der Waals surface area contributed by atoms with E-state index in [1.54, 1.807) is 54.5 Å². The molecule has 2 aromatic carbocycles. The number of methoxy groups -OCH3 is 2. The number of carbonyl (C=O) groups excluding carboxylic acids is 3. The summed E-state index contributed by atoms with van der Waals surface area (Å²) in [5.41, 5.74) is 1.70. The number of hydrogen-bond donors (Lipinski definition) is 2. The van der Waals surface area contributed by atoms with Crippen molar-refractivity contribution in [3.05, 3.63) is 42.5 Å². The third-order valence-corrected chi connectivity index (χ3v) is 4.57. The highest BCUT2D eigenvalue weighted by Crippen LogP contribution is 2.34. The maximum Gasteiger partial charge on any atom is 0.325 e. The number of benzene rings is 2. The normalized spacial score (nSPS) is 13.2. The summed E-state index contributed by atoms with van der Waals surface area (Å²) in [4.78, 5) is 39.5. The van der Waals surface area contributed by atoms with Crippen molar-refractivity contribution in [2.45, 2.75) is 6.92 Å². The molecule has 1 aliphatic rings. The van der Waals surface area contributed by atoms with Gasteiger partial charge < -0.3 is 25.0 Å². The molecule has 0 spiro atoms. The molecule has 0 bridgehead atoms. The Balaban J connectivity index is 1.66. The molecule has 0 aliphatic carbocycles. The van der Waals surface area contributed by atoms with E-state index in [0.29, 0.717) is 41.7 Å².